The van der Waals surface area contributed by atoms with Crippen molar-refractivity contribution >= 4 is 46.5 Å². The molecule has 3 rings (SSSR count). The molecule has 156 valence electrons. The number of allylic oxidation sites excluding steroid dienone is 1. The van der Waals surface area contributed by atoms with Crippen LogP contribution < -0.4 is 10.2 Å². The maximum Gasteiger partial charge on any atom is 0.338 e. The number of rotatable bonds is 4. The van der Waals surface area contributed by atoms with Crippen molar-refractivity contribution in [1.29, 1.82) is 0 Å². The molecular weight excluding hydrogens is 422 g/mol. The lowest BCUT2D eigenvalue weighted by Crippen LogP contribution is -2.49. The minimum absolute atomic E-state index is 0.189. The molecule has 6 nitrogen and oxygen atoms in total. The molecule has 0 saturated heterocycles. The van der Waals surface area contributed by atoms with Crippen molar-refractivity contribution in [2.45, 2.75) is 13.0 Å². The van der Waals surface area contributed by atoms with Gasteiger partial charge in [-0.3, -0.25) is 9.69 Å². The maximum absolute atomic E-state index is 13.2. The number of carbonyl (C=O) groups is 2. The summed E-state index contributed by atoms with van der Waals surface area (Å²) in [6.45, 7) is 1.84. The van der Waals surface area contributed by atoms with Gasteiger partial charge in [0.1, 0.15) is 0 Å². The Bertz CT molecular complexity index is 1030. The molecule has 1 amide bonds. The van der Waals surface area contributed by atoms with E-state index in [9.17, 15) is 9.59 Å². The van der Waals surface area contributed by atoms with E-state index in [2.05, 4.69) is 5.32 Å². The number of carbonyl (C=O) groups excluding carboxylic acids is 2. The van der Waals surface area contributed by atoms with Crippen LogP contribution in [0.2, 0.25) is 5.02 Å². The zero-order valence-corrected chi connectivity index (χ0v) is 18.7. The highest BCUT2D eigenvalue weighted by molar-refractivity contribution is 7.80. The predicted octanol–water partition coefficient (Wildman–Crippen LogP) is 3.92. The number of hydrogen-bond acceptors (Lipinski definition) is 4. The van der Waals surface area contributed by atoms with E-state index in [0.717, 1.165) is 5.69 Å². The largest absolute Gasteiger partial charge is 0.465 e. The number of benzene rings is 2. The van der Waals surface area contributed by atoms with Crippen molar-refractivity contribution in [2.24, 2.45) is 0 Å². The number of likely N-dealkylation sites (N-methyl/N-ethyl adjacent to an activating group) is 1. The average molecular weight is 444 g/mol. The molecule has 1 heterocycles. The summed E-state index contributed by atoms with van der Waals surface area (Å²) in [4.78, 5) is 28.8. The van der Waals surface area contributed by atoms with Crippen molar-refractivity contribution in [1.82, 2.24) is 10.2 Å². The van der Waals surface area contributed by atoms with E-state index < -0.39 is 12.0 Å². The fourth-order valence-corrected chi connectivity index (χ4v) is 3.93. The molecule has 1 aliphatic heterocycles. The van der Waals surface area contributed by atoms with Crippen LogP contribution in [-0.2, 0) is 9.53 Å². The first-order valence-corrected chi connectivity index (χ1v) is 10.0. The Kier molecular flexibility index (Phi) is 6.43. The molecule has 0 fully saturated rings. The van der Waals surface area contributed by atoms with Crippen LogP contribution in [0.5, 0.6) is 0 Å². The molecule has 0 spiro atoms. The van der Waals surface area contributed by atoms with E-state index in [0.29, 0.717) is 32.5 Å². The summed E-state index contributed by atoms with van der Waals surface area (Å²) in [6.07, 6.45) is 0. The average Bonchev–Trinajstić information content (AvgIpc) is 2.73. The molecule has 1 unspecified atom stereocenters. The van der Waals surface area contributed by atoms with Crippen LogP contribution in [0.25, 0.3) is 0 Å². The first-order chi connectivity index (χ1) is 14.3. The Labute approximate surface area is 186 Å². The van der Waals surface area contributed by atoms with E-state index in [1.807, 2.05) is 25.1 Å². The third-order valence-electron chi connectivity index (χ3n) is 4.88. The molecule has 0 bridgehead atoms. The molecule has 1 atom stereocenters. The molecule has 0 saturated carbocycles. The molecule has 0 aromatic heterocycles. The van der Waals surface area contributed by atoms with Gasteiger partial charge in [-0.05, 0) is 55.0 Å². The Morgan fingerprint density at radius 1 is 1.13 bits per heavy atom. The van der Waals surface area contributed by atoms with E-state index in [-0.39, 0.29) is 5.91 Å². The molecule has 1 aliphatic rings. The summed E-state index contributed by atoms with van der Waals surface area (Å²) in [5.41, 5.74) is 2.92. The second-order valence-corrected chi connectivity index (χ2v) is 7.79. The van der Waals surface area contributed by atoms with E-state index in [1.165, 1.54) is 12.0 Å². The van der Waals surface area contributed by atoms with Gasteiger partial charge < -0.3 is 15.0 Å². The monoisotopic (exact) mass is 443 g/mol. The number of hydrogen-bond donors (Lipinski definition) is 1. The summed E-state index contributed by atoms with van der Waals surface area (Å²) in [6, 6.07) is 13.6. The zero-order chi connectivity index (χ0) is 22.0. The van der Waals surface area contributed by atoms with Crippen LogP contribution in [0.4, 0.5) is 5.69 Å². The first-order valence-electron chi connectivity index (χ1n) is 9.22. The summed E-state index contributed by atoms with van der Waals surface area (Å²) >= 11 is 11.7. The van der Waals surface area contributed by atoms with Gasteiger partial charge in [-0.2, -0.15) is 0 Å². The van der Waals surface area contributed by atoms with Gasteiger partial charge in [-0.25, -0.2) is 4.79 Å². The Balaban J connectivity index is 2.21. The number of amides is 1. The standard InChI is InChI=1S/C22H22ClN3O3S/c1-13-18(20(27)25(2)3)19(16-7-5-6-8-17(16)21(28)29-4)24-22(30)26(13)15-11-9-14(23)10-12-15/h5-12,19H,1-4H3,(H,24,30). The lowest BCUT2D eigenvalue weighted by molar-refractivity contribution is -0.125. The van der Waals surface area contributed by atoms with Gasteiger partial charge in [0.25, 0.3) is 5.91 Å². The van der Waals surface area contributed by atoms with Crippen molar-refractivity contribution < 1.29 is 14.3 Å². The Morgan fingerprint density at radius 2 is 1.77 bits per heavy atom. The van der Waals surface area contributed by atoms with Crippen LogP contribution in [0.1, 0.15) is 28.9 Å². The molecule has 2 aromatic rings. The van der Waals surface area contributed by atoms with Gasteiger partial charge in [0.2, 0.25) is 0 Å². The van der Waals surface area contributed by atoms with E-state index >= 15 is 0 Å². The molecule has 0 aliphatic carbocycles. The quantitative estimate of drug-likeness (QED) is 0.570. The summed E-state index contributed by atoms with van der Waals surface area (Å²) in [5, 5.41) is 4.26. The maximum atomic E-state index is 13.2. The third-order valence-corrected chi connectivity index (χ3v) is 5.44. The second kappa shape index (κ2) is 8.85. The van der Waals surface area contributed by atoms with Crippen LogP contribution in [0.3, 0.4) is 0 Å². The third kappa shape index (κ3) is 4.04. The Morgan fingerprint density at radius 3 is 2.37 bits per heavy atom. The number of anilines is 1. The van der Waals surface area contributed by atoms with E-state index in [1.54, 1.807) is 49.3 Å². The fourth-order valence-electron chi connectivity index (χ4n) is 3.44. The van der Waals surface area contributed by atoms with Gasteiger partial charge in [0, 0.05) is 30.5 Å². The number of methoxy groups -OCH3 is 1. The highest BCUT2D eigenvalue weighted by Crippen LogP contribution is 2.36. The van der Waals surface area contributed by atoms with E-state index in [4.69, 9.17) is 28.6 Å². The SMILES string of the molecule is COC(=O)c1ccccc1C1NC(=S)N(c2ccc(Cl)cc2)C(C)=C1C(=O)N(C)C. The van der Waals surface area contributed by atoms with Gasteiger partial charge in [0.05, 0.1) is 24.3 Å². The molecular formula is C22H22ClN3O3S. The fraction of sp³-hybridized carbons (Fsp3) is 0.227. The summed E-state index contributed by atoms with van der Waals surface area (Å²) in [5.74, 6) is -0.668. The summed E-state index contributed by atoms with van der Waals surface area (Å²) < 4.78 is 4.93. The number of halogens is 1. The minimum Gasteiger partial charge on any atom is -0.465 e. The highest BCUT2D eigenvalue weighted by Gasteiger charge is 2.36. The normalized spacial score (nSPS) is 16.2. The molecule has 2 aromatic carbocycles. The summed E-state index contributed by atoms with van der Waals surface area (Å²) in [7, 11) is 4.70. The van der Waals surface area contributed by atoms with Crippen molar-refractivity contribution in [3.05, 3.63) is 76.0 Å². The highest BCUT2D eigenvalue weighted by atomic mass is 35.5. The van der Waals surface area contributed by atoms with Crippen LogP contribution in [0, 0.1) is 0 Å². The predicted molar refractivity (Wildman–Crippen MR) is 122 cm³/mol. The lowest BCUT2D eigenvalue weighted by Gasteiger charge is -2.39. The van der Waals surface area contributed by atoms with Crippen LogP contribution in [-0.4, -0.2) is 43.1 Å². The first kappa shape index (κ1) is 21.8. The number of esters is 1. The van der Waals surface area contributed by atoms with Crippen LogP contribution >= 0.6 is 23.8 Å². The van der Waals surface area contributed by atoms with Crippen molar-refractivity contribution in [3.63, 3.8) is 0 Å². The molecule has 30 heavy (non-hydrogen) atoms. The van der Waals surface area contributed by atoms with Gasteiger partial charge in [-0.15, -0.1) is 0 Å². The molecule has 0 radical (unpaired) electrons. The number of nitrogens with zero attached hydrogens (tertiary/aromatic N) is 2. The van der Waals surface area contributed by atoms with Crippen molar-refractivity contribution in [2.75, 3.05) is 26.1 Å². The number of ether oxygens (including phenoxy) is 1. The number of thiocarbonyl (C=S) groups is 1. The van der Waals surface area contributed by atoms with Gasteiger partial charge in [0.15, 0.2) is 5.11 Å². The topological polar surface area (TPSA) is 61.9 Å². The zero-order valence-electron chi connectivity index (χ0n) is 17.1. The van der Waals surface area contributed by atoms with Crippen molar-refractivity contribution in [3.8, 4) is 0 Å². The van der Waals surface area contributed by atoms with Crippen LogP contribution in [0.15, 0.2) is 59.8 Å². The van der Waals surface area contributed by atoms with Gasteiger partial charge >= 0.3 is 5.97 Å². The minimum atomic E-state index is -0.605. The lowest BCUT2D eigenvalue weighted by atomic mass is 9.90. The molecule has 8 heteroatoms. The Hall–Kier alpha value is -2.90. The van der Waals surface area contributed by atoms with Gasteiger partial charge in [-0.1, -0.05) is 29.8 Å². The smallest absolute Gasteiger partial charge is 0.338 e. The molecule has 1 N–H and O–H groups in total. The number of nitrogens with one attached hydrogen (secondary N) is 1. The second-order valence-electron chi connectivity index (χ2n) is 6.97.